The highest BCUT2D eigenvalue weighted by atomic mass is 79.9. The summed E-state index contributed by atoms with van der Waals surface area (Å²) in [5.41, 5.74) is 0.961. The molecule has 0 fully saturated rings. The Morgan fingerprint density at radius 1 is 1.04 bits per heavy atom. The third-order valence-electron chi connectivity index (χ3n) is 4.09. The first-order chi connectivity index (χ1) is 13.0. The van der Waals surface area contributed by atoms with Crippen LogP contribution in [0.3, 0.4) is 0 Å². The highest BCUT2D eigenvalue weighted by Gasteiger charge is 2.21. The molecule has 0 bridgehead atoms. The lowest BCUT2D eigenvalue weighted by Gasteiger charge is -2.15. The first-order valence-electron chi connectivity index (χ1n) is 8.32. The molecule has 0 saturated heterocycles. The van der Waals surface area contributed by atoms with E-state index >= 15 is 0 Å². The van der Waals surface area contributed by atoms with Gasteiger partial charge in [-0.2, -0.15) is 0 Å². The quantitative estimate of drug-likeness (QED) is 0.594. The molecule has 138 valence electrons. The third-order valence-corrected chi connectivity index (χ3v) is 4.79. The van der Waals surface area contributed by atoms with E-state index in [1.165, 1.54) is 14.0 Å². The average Bonchev–Trinajstić information content (AvgIpc) is 2.68. The van der Waals surface area contributed by atoms with Crippen molar-refractivity contribution in [2.45, 2.75) is 13.0 Å². The lowest BCUT2D eigenvalue weighted by molar-refractivity contribution is -0.123. The fraction of sp³-hybridized carbons (Fsp3) is 0.143. The summed E-state index contributed by atoms with van der Waals surface area (Å²) in [5, 5.41) is 4.76. The molecule has 5 nitrogen and oxygen atoms in total. The molecular weight excluding hydrogens is 410 g/mol. The van der Waals surface area contributed by atoms with Crippen molar-refractivity contribution in [3.8, 4) is 5.75 Å². The zero-order valence-corrected chi connectivity index (χ0v) is 16.4. The minimum Gasteiger partial charge on any atom is -0.497 e. The van der Waals surface area contributed by atoms with Crippen molar-refractivity contribution in [3.05, 3.63) is 70.7 Å². The van der Waals surface area contributed by atoms with Crippen LogP contribution in [0.1, 0.15) is 17.3 Å². The number of amides is 1. The van der Waals surface area contributed by atoms with E-state index in [1.54, 1.807) is 18.2 Å². The Bertz CT molecular complexity index is 997. The summed E-state index contributed by atoms with van der Waals surface area (Å²) >= 11 is 3.31. The molecule has 0 saturated carbocycles. The van der Waals surface area contributed by atoms with Gasteiger partial charge in [0.15, 0.2) is 6.10 Å². The zero-order valence-electron chi connectivity index (χ0n) is 14.9. The molecule has 0 aliphatic heterocycles. The Morgan fingerprint density at radius 2 is 1.78 bits per heavy atom. The maximum Gasteiger partial charge on any atom is 0.340 e. The largest absolute Gasteiger partial charge is 0.497 e. The predicted molar refractivity (Wildman–Crippen MR) is 108 cm³/mol. The van der Waals surface area contributed by atoms with E-state index in [2.05, 4.69) is 21.2 Å². The van der Waals surface area contributed by atoms with Gasteiger partial charge in [-0.1, -0.05) is 36.4 Å². The smallest absolute Gasteiger partial charge is 0.340 e. The highest BCUT2D eigenvalue weighted by Crippen LogP contribution is 2.25. The summed E-state index contributed by atoms with van der Waals surface area (Å²) in [6.07, 6.45) is -0.963. The molecule has 0 radical (unpaired) electrons. The molecule has 0 aliphatic rings. The van der Waals surface area contributed by atoms with Crippen LogP contribution in [-0.2, 0) is 9.53 Å². The molecule has 0 heterocycles. The van der Waals surface area contributed by atoms with Crippen molar-refractivity contribution in [3.63, 3.8) is 0 Å². The van der Waals surface area contributed by atoms with E-state index in [-0.39, 0.29) is 0 Å². The number of hydrogen-bond acceptors (Lipinski definition) is 4. The number of carbonyl (C=O) groups is 2. The lowest BCUT2D eigenvalue weighted by Crippen LogP contribution is -2.30. The van der Waals surface area contributed by atoms with Crippen LogP contribution in [0.25, 0.3) is 10.8 Å². The van der Waals surface area contributed by atoms with Crippen LogP contribution in [0.2, 0.25) is 0 Å². The van der Waals surface area contributed by atoms with Crippen LogP contribution in [-0.4, -0.2) is 25.1 Å². The Morgan fingerprint density at radius 3 is 2.56 bits per heavy atom. The van der Waals surface area contributed by atoms with Gasteiger partial charge in [0.25, 0.3) is 5.91 Å². The van der Waals surface area contributed by atoms with E-state index in [1.807, 2.05) is 42.5 Å². The number of nitrogens with one attached hydrogen (secondary N) is 1. The number of hydrogen-bond donors (Lipinski definition) is 1. The number of benzene rings is 3. The van der Waals surface area contributed by atoms with Crippen molar-refractivity contribution in [2.24, 2.45) is 0 Å². The zero-order chi connectivity index (χ0) is 19.4. The Balaban J connectivity index is 1.73. The number of halogens is 1. The molecule has 0 aliphatic carbocycles. The Labute approximate surface area is 165 Å². The number of anilines is 1. The number of ether oxygens (including phenoxy) is 2. The van der Waals surface area contributed by atoms with E-state index in [4.69, 9.17) is 9.47 Å². The van der Waals surface area contributed by atoms with Crippen LogP contribution in [0, 0.1) is 0 Å². The lowest BCUT2D eigenvalue weighted by atomic mass is 10.1. The molecule has 0 spiro atoms. The molecule has 0 unspecified atom stereocenters. The van der Waals surface area contributed by atoms with Gasteiger partial charge < -0.3 is 14.8 Å². The van der Waals surface area contributed by atoms with Crippen LogP contribution in [0.5, 0.6) is 5.75 Å². The standard InChI is InChI=1S/C21H18BrNO4/c1-13(27-21(25)17-12-15(26-2)10-11-18(17)22)20(24)23-19-9-5-7-14-6-3-4-8-16(14)19/h3-13H,1-2H3,(H,23,24)/t13-/m1/s1. The SMILES string of the molecule is COc1ccc(Br)c(C(=O)O[C@H](C)C(=O)Nc2cccc3ccccc23)c1. The number of carbonyl (C=O) groups excluding carboxylic acids is 2. The molecule has 1 N–H and O–H groups in total. The van der Waals surface area contributed by atoms with Gasteiger partial charge in [0.1, 0.15) is 5.75 Å². The molecule has 6 heteroatoms. The molecule has 27 heavy (non-hydrogen) atoms. The van der Waals surface area contributed by atoms with Gasteiger partial charge in [-0.3, -0.25) is 4.79 Å². The average molecular weight is 428 g/mol. The van der Waals surface area contributed by atoms with Crippen molar-refractivity contribution in [2.75, 3.05) is 12.4 Å². The number of fused-ring (bicyclic) bond motifs is 1. The molecule has 3 rings (SSSR count). The fourth-order valence-electron chi connectivity index (χ4n) is 2.63. The molecule has 1 amide bonds. The van der Waals surface area contributed by atoms with E-state index in [0.717, 1.165) is 10.8 Å². The normalized spacial score (nSPS) is 11.7. The first kappa shape index (κ1) is 18.9. The van der Waals surface area contributed by atoms with Gasteiger partial charge in [-0.15, -0.1) is 0 Å². The predicted octanol–water partition coefficient (Wildman–Crippen LogP) is 4.79. The van der Waals surface area contributed by atoms with Gasteiger partial charge in [0.05, 0.1) is 12.7 Å². The molecule has 3 aromatic carbocycles. The van der Waals surface area contributed by atoms with E-state index in [0.29, 0.717) is 21.5 Å². The number of esters is 1. The summed E-state index contributed by atoms with van der Waals surface area (Å²) in [4.78, 5) is 24.9. The molecular formula is C21H18BrNO4. The summed E-state index contributed by atoms with van der Waals surface area (Å²) in [6.45, 7) is 1.53. The monoisotopic (exact) mass is 427 g/mol. The van der Waals surface area contributed by atoms with Crippen LogP contribution in [0.4, 0.5) is 5.69 Å². The summed E-state index contributed by atoms with van der Waals surface area (Å²) in [5.74, 6) is -0.488. The van der Waals surface area contributed by atoms with E-state index in [9.17, 15) is 9.59 Å². The van der Waals surface area contributed by atoms with Crippen molar-refractivity contribution >= 4 is 44.3 Å². The Hall–Kier alpha value is -2.86. The second kappa shape index (κ2) is 8.22. The highest BCUT2D eigenvalue weighted by molar-refractivity contribution is 9.10. The minimum absolute atomic E-state index is 0.291. The number of rotatable bonds is 5. The topological polar surface area (TPSA) is 64.6 Å². The second-order valence-electron chi connectivity index (χ2n) is 5.91. The minimum atomic E-state index is -0.963. The summed E-state index contributed by atoms with van der Waals surface area (Å²) < 4.78 is 11.0. The first-order valence-corrected chi connectivity index (χ1v) is 9.12. The van der Waals surface area contributed by atoms with Crippen LogP contribution < -0.4 is 10.1 Å². The number of methoxy groups -OCH3 is 1. The van der Waals surface area contributed by atoms with Crippen molar-refractivity contribution in [1.82, 2.24) is 0 Å². The maximum absolute atomic E-state index is 12.5. The van der Waals surface area contributed by atoms with Gasteiger partial charge in [-0.25, -0.2) is 4.79 Å². The van der Waals surface area contributed by atoms with Gasteiger partial charge in [-0.05, 0) is 52.5 Å². The molecule has 3 aromatic rings. The van der Waals surface area contributed by atoms with Crippen LogP contribution in [0.15, 0.2) is 65.1 Å². The second-order valence-corrected chi connectivity index (χ2v) is 6.76. The van der Waals surface area contributed by atoms with Gasteiger partial charge >= 0.3 is 5.97 Å². The summed E-state index contributed by atoms with van der Waals surface area (Å²) in [6, 6.07) is 18.3. The van der Waals surface area contributed by atoms with Crippen LogP contribution >= 0.6 is 15.9 Å². The van der Waals surface area contributed by atoms with Gasteiger partial charge in [0, 0.05) is 15.5 Å². The van der Waals surface area contributed by atoms with Gasteiger partial charge in [0.2, 0.25) is 0 Å². The van der Waals surface area contributed by atoms with Crippen molar-refractivity contribution in [1.29, 1.82) is 0 Å². The Kier molecular flexibility index (Phi) is 5.76. The summed E-state index contributed by atoms with van der Waals surface area (Å²) in [7, 11) is 1.51. The fourth-order valence-corrected chi connectivity index (χ4v) is 3.04. The van der Waals surface area contributed by atoms with E-state index < -0.39 is 18.0 Å². The molecule has 0 aromatic heterocycles. The maximum atomic E-state index is 12.5. The third kappa shape index (κ3) is 4.28. The molecule has 1 atom stereocenters. The van der Waals surface area contributed by atoms with Crippen molar-refractivity contribution < 1.29 is 19.1 Å².